The van der Waals surface area contributed by atoms with Crippen molar-refractivity contribution in [2.24, 2.45) is 5.84 Å². The van der Waals surface area contributed by atoms with E-state index in [1.807, 2.05) is 20.8 Å². The summed E-state index contributed by atoms with van der Waals surface area (Å²) >= 11 is 0. The molecule has 0 aliphatic heterocycles. The molecule has 3 nitrogen and oxygen atoms in total. The van der Waals surface area contributed by atoms with Crippen LogP contribution in [0.1, 0.15) is 28.7 Å². The normalized spacial score (nSPS) is 12.5. The van der Waals surface area contributed by atoms with E-state index in [1.54, 1.807) is 0 Å². The second-order valence-corrected chi connectivity index (χ2v) is 3.02. The third-order valence-electron chi connectivity index (χ3n) is 2.24. The molecule has 1 unspecified atom stereocenters. The highest BCUT2D eigenvalue weighted by Crippen LogP contribution is 2.25. The van der Waals surface area contributed by atoms with Gasteiger partial charge in [-0.05, 0) is 26.3 Å². The van der Waals surface area contributed by atoms with E-state index >= 15 is 0 Å². The number of furan rings is 1. The molecule has 0 aliphatic rings. The minimum atomic E-state index is -0.266. The maximum atomic E-state index is 5.44. The third kappa shape index (κ3) is 1.59. The molecule has 1 atom stereocenters. The number of hydrazine groups is 1. The van der Waals surface area contributed by atoms with Crippen molar-refractivity contribution in [2.75, 3.05) is 0 Å². The molecule has 0 radical (unpaired) electrons. The summed E-state index contributed by atoms with van der Waals surface area (Å²) in [5.74, 6) is 9.62. The molecular weight excluding hydrogens is 164 g/mol. The molecule has 0 amide bonds. The molecule has 1 rings (SSSR count). The summed E-state index contributed by atoms with van der Waals surface area (Å²) < 4.78 is 5.44. The van der Waals surface area contributed by atoms with Gasteiger partial charge in [0.2, 0.25) is 0 Å². The largest absolute Gasteiger partial charge is 0.466 e. The molecule has 3 N–H and O–H groups in total. The number of rotatable bonds is 2. The second-order valence-electron chi connectivity index (χ2n) is 3.02. The van der Waals surface area contributed by atoms with E-state index in [1.165, 1.54) is 0 Å². The van der Waals surface area contributed by atoms with Gasteiger partial charge in [-0.2, -0.15) is 0 Å². The number of hydrogen-bond acceptors (Lipinski definition) is 3. The summed E-state index contributed by atoms with van der Waals surface area (Å²) in [5, 5.41) is 0. The first-order valence-electron chi connectivity index (χ1n) is 4.10. The van der Waals surface area contributed by atoms with E-state index in [4.69, 9.17) is 16.7 Å². The van der Waals surface area contributed by atoms with Gasteiger partial charge in [-0.3, -0.25) is 5.84 Å². The predicted molar refractivity (Wildman–Crippen MR) is 51.8 cm³/mol. The summed E-state index contributed by atoms with van der Waals surface area (Å²) in [6.45, 7) is 5.77. The van der Waals surface area contributed by atoms with Crippen LogP contribution in [0.4, 0.5) is 0 Å². The van der Waals surface area contributed by atoms with Gasteiger partial charge in [0.05, 0.1) is 0 Å². The van der Waals surface area contributed by atoms with Crippen molar-refractivity contribution in [3.05, 3.63) is 22.6 Å². The van der Waals surface area contributed by atoms with Crippen molar-refractivity contribution in [1.29, 1.82) is 0 Å². The van der Waals surface area contributed by atoms with Gasteiger partial charge < -0.3 is 4.42 Å². The summed E-state index contributed by atoms with van der Waals surface area (Å²) in [6.07, 6.45) is 5.33. The lowest BCUT2D eigenvalue weighted by Crippen LogP contribution is -2.27. The summed E-state index contributed by atoms with van der Waals surface area (Å²) in [4.78, 5) is 0. The highest BCUT2D eigenvalue weighted by molar-refractivity contribution is 5.37. The van der Waals surface area contributed by atoms with Crippen LogP contribution in [0.5, 0.6) is 0 Å². The van der Waals surface area contributed by atoms with Crippen molar-refractivity contribution in [2.45, 2.75) is 26.8 Å². The smallest absolute Gasteiger partial charge is 0.110 e. The lowest BCUT2D eigenvalue weighted by molar-refractivity contribution is 0.496. The first kappa shape index (κ1) is 9.85. The SMILES string of the molecule is C#CC(NN)c1c(C)oc(C)c1C. The number of hydrogen-bond donors (Lipinski definition) is 2. The van der Waals surface area contributed by atoms with Crippen LogP contribution in [0.2, 0.25) is 0 Å². The second kappa shape index (κ2) is 3.65. The first-order valence-corrected chi connectivity index (χ1v) is 4.10. The van der Waals surface area contributed by atoms with Gasteiger partial charge in [0, 0.05) is 5.56 Å². The maximum Gasteiger partial charge on any atom is 0.110 e. The maximum absolute atomic E-state index is 5.44. The van der Waals surface area contributed by atoms with Crippen LogP contribution >= 0.6 is 0 Å². The average molecular weight is 178 g/mol. The van der Waals surface area contributed by atoms with Crippen LogP contribution in [0.25, 0.3) is 0 Å². The van der Waals surface area contributed by atoms with Gasteiger partial charge in [-0.1, -0.05) is 5.92 Å². The Morgan fingerprint density at radius 2 is 2.00 bits per heavy atom. The Morgan fingerprint density at radius 3 is 2.31 bits per heavy atom. The molecule has 1 heterocycles. The summed E-state index contributed by atoms with van der Waals surface area (Å²) in [5.41, 5.74) is 4.61. The molecule has 70 valence electrons. The third-order valence-corrected chi connectivity index (χ3v) is 2.24. The minimum absolute atomic E-state index is 0.266. The van der Waals surface area contributed by atoms with Crippen LogP contribution in [-0.2, 0) is 0 Å². The Bertz CT molecular complexity index is 347. The summed E-state index contributed by atoms with van der Waals surface area (Å²) in [6, 6.07) is -0.266. The van der Waals surface area contributed by atoms with Crippen molar-refractivity contribution < 1.29 is 4.42 Å². The van der Waals surface area contributed by atoms with Crippen LogP contribution in [0.15, 0.2) is 4.42 Å². The number of aryl methyl sites for hydroxylation is 2. The molecule has 0 saturated heterocycles. The number of nitrogens with two attached hydrogens (primary N) is 1. The predicted octanol–water partition coefficient (Wildman–Crippen LogP) is 1.34. The fourth-order valence-corrected chi connectivity index (χ4v) is 1.45. The fourth-order valence-electron chi connectivity index (χ4n) is 1.45. The zero-order valence-electron chi connectivity index (χ0n) is 8.14. The Labute approximate surface area is 78.3 Å². The standard InChI is InChI=1S/C10H14N2O/c1-5-9(12-11)10-6(2)7(3)13-8(10)4/h1,9,12H,11H2,2-4H3. The quantitative estimate of drug-likeness (QED) is 0.408. The average Bonchev–Trinajstić information content (AvgIpc) is 2.34. The highest BCUT2D eigenvalue weighted by Gasteiger charge is 2.17. The van der Waals surface area contributed by atoms with Crippen molar-refractivity contribution in [1.82, 2.24) is 5.43 Å². The molecule has 0 aromatic carbocycles. The molecule has 0 saturated carbocycles. The molecular formula is C10H14N2O. The number of terminal acetylenes is 1. The molecule has 1 aromatic heterocycles. The molecule has 0 aliphatic carbocycles. The highest BCUT2D eigenvalue weighted by atomic mass is 16.3. The molecule has 3 heteroatoms. The first-order chi connectivity index (χ1) is 6.11. The Morgan fingerprint density at radius 1 is 1.38 bits per heavy atom. The van der Waals surface area contributed by atoms with Gasteiger partial charge in [0.25, 0.3) is 0 Å². The molecule has 1 aromatic rings. The Hall–Kier alpha value is -1.24. The van der Waals surface area contributed by atoms with E-state index in [0.717, 1.165) is 22.6 Å². The van der Waals surface area contributed by atoms with E-state index in [-0.39, 0.29) is 6.04 Å². The van der Waals surface area contributed by atoms with E-state index in [9.17, 15) is 0 Å². The molecule has 13 heavy (non-hydrogen) atoms. The molecule has 0 spiro atoms. The molecule has 0 bridgehead atoms. The lowest BCUT2D eigenvalue weighted by Gasteiger charge is -2.08. The van der Waals surface area contributed by atoms with Crippen molar-refractivity contribution >= 4 is 0 Å². The van der Waals surface area contributed by atoms with Gasteiger partial charge in [0.15, 0.2) is 0 Å². The van der Waals surface area contributed by atoms with Crippen LogP contribution < -0.4 is 11.3 Å². The monoisotopic (exact) mass is 178 g/mol. The lowest BCUT2D eigenvalue weighted by atomic mass is 10.0. The fraction of sp³-hybridized carbons (Fsp3) is 0.400. The zero-order chi connectivity index (χ0) is 10.0. The minimum Gasteiger partial charge on any atom is -0.466 e. The van der Waals surface area contributed by atoms with E-state index in [0.29, 0.717) is 0 Å². The summed E-state index contributed by atoms with van der Waals surface area (Å²) in [7, 11) is 0. The van der Waals surface area contributed by atoms with Crippen LogP contribution in [-0.4, -0.2) is 0 Å². The number of nitrogens with one attached hydrogen (secondary N) is 1. The van der Waals surface area contributed by atoms with E-state index < -0.39 is 0 Å². The van der Waals surface area contributed by atoms with Gasteiger partial charge in [0.1, 0.15) is 17.6 Å². The topological polar surface area (TPSA) is 51.2 Å². The van der Waals surface area contributed by atoms with E-state index in [2.05, 4.69) is 11.3 Å². The van der Waals surface area contributed by atoms with Crippen molar-refractivity contribution in [3.63, 3.8) is 0 Å². The van der Waals surface area contributed by atoms with Gasteiger partial charge in [-0.25, -0.2) is 5.43 Å². The Kier molecular flexibility index (Phi) is 2.76. The van der Waals surface area contributed by atoms with Crippen molar-refractivity contribution in [3.8, 4) is 12.3 Å². The Balaban J connectivity index is 3.21. The van der Waals surface area contributed by atoms with Gasteiger partial charge >= 0.3 is 0 Å². The zero-order valence-corrected chi connectivity index (χ0v) is 8.14. The van der Waals surface area contributed by atoms with Crippen LogP contribution in [0.3, 0.4) is 0 Å². The molecule has 0 fully saturated rings. The van der Waals surface area contributed by atoms with Gasteiger partial charge in [-0.15, -0.1) is 6.42 Å². The van der Waals surface area contributed by atoms with Crippen LogP contribution in [0, 0.1) is 33.1 Å².